The Bertz CT molecular complexity index is 1350. The lowest BCUT2D eigenvalue weighted by Gasteiger charge is -2.33. The molecular formula is C32H24N2S2. The van der Waals surface area contributed by atoms with E-state index in [0.29, 0.717) is 0 Å². The second-order valence-electron chi connectivity index (χ2n) is 9.06. The highest BCUT2D eigenvalue weighted by Gasteiger charge is 2.24. The van der Waals surface area contributed by atoms with E-state index in [0.717, 1.165) is 13.1 Å². The number of benzene rings is 5. The van der Waals surface area contributed by atoms with E-state index in [2.05, 4.69) is 131 Å². The molecule has 0 saturated carbocycles. The van der Waals surface area contributed by atoms with Crippen molar-refractivity contribution in [2.45, 2.75) is 32.7 Å². The molecule has 0 saturated heterocycles. The maximum Gasteiger partial charge on any atom is 0.0556 e. The van der Waals surface area contributed by atoms with Crippen molar-refractivity contribution in [3.05, 3.63) is 132 Å². The van der Waals surface area contributed by atoms with E-state index < -0.39 is 0 Å². The van der Waals surface area contributed by atoms with E-state index >= 15 is 0 Å². The third-order valence-electron chi connectivity index (χ3n) is 6.77. The van der Waals surface area contributed by atoms with Crippen molar-refractivity contribution >= 4 is 46.3 Å². The molecule has 5 aromatic carbocycles. The van der Waals surface area contributed by atoms with Crippen LogP contribution < -0.4 is 9.80 Å². The summed E-state index contributed by atoms with van der Waals surface area (Å²) in [6.07, 6.45) is 0. The molecule has 0 radical (unpaired) electrons. The molecule has 0 fully saturated rings. The number of nitrogens with zero attached hydrogens (tertiary/aromatic N) is 2. The molecule has 0 unspecified atom stereocenters. The Morgan fingerprint density at radius 3 is 0.944 bits per heavy atom. The second-order valence-corrected chi connectivity index (χ2v) is 11.2. The SMILES string of the molecule is c1ccc2c(c1)Sc1ccccc1N2Cc1ccc(CN2c3ccccc3Sc3ccccc32)cc1. The number of rotatable bonds is 4. The van der Waals surface area contributed by atoms with Crippen molar-refractivity contribution in [1.82, 2.24) is 0 Å². The van der Waals surface area contributed by atoms with Gasteiger partial charge in [0, 0.05) is 32.7 Å². The molecule has 2 aliphatic heterocycles. The minimum absolute atomic E-state index is 0.848. The fourth-order valence-corrected chi connectivity index (χ4v) is 7.21. The average Bonchev–Trinajstić information content (AvgIpc) is 2.94. The van der Waals surface area contributed by atoms with Gasteiger partial charge in [-0.05, 0) is 59.7 Å². The first-order valence-electron chi connectivity index (χ1n) is 12.2. The summed E-state index contributed by atoms with van der Waals surface area (Å²) in [7, 11) is 0. The number of hydrogen-bond acceptors (Lipinski definition) is 4. The van der Waals surface area contributed by atoms with Crippen LogP contribution in [0.2, 0.25) is 0 Å². The standard InChI is InChI=1S/C32H24N2S2/c1-5-13-29-25(9-1)33(26-10-2-6-14-30(26)35-29)21-23-17-19-24(20-18-23)22-34-27-11-3-7-15-31(27)36-32-16-8-4-12-28(32)34/h1-20H,21-22H2. The molecule has 0 atom stereocenters. The van der Waals surface area contributed by atoms with Gasteiger partial charge in [0.2, 0.25) is 0 Å². The summed E-state index contributed by atoms with van der Waals surface area (Å²) in [5.74, 6) is 0. The minimum Gasteiger partial charge on any atom is -0.335 e. The molecule has 5 aromatic rings. The van der Waals surface area contributed by atoms with Gasteiger partial charge >= 0.3 is 0 Å². The highest BCUT2D eigenvalue weighted by molar-refractivity contribution is 8.00. The zero-order chi connectivity index (χ0) is 23.9. The molecular weight excluding hydrogens is 477 g/mol. The van der Waals surface area contributed by atoms with Crippen LogP contribution in [0.3, 0.4) is 0 Å². The Labute approximate surface area is 220 Å². The molecule has 2 heterocycles. The van der Waals surface area contributed by atoms with Gasteiger partial charge in [0.05, 0.1) is 22.7 Å². The lowest BCUT2D eigenvalue weighted by molar-refractivity contribution is 0.921. The van der Waals surface area contributed by atoms with Gasteiger partial charge in [-0.25, -0.2) is 0 Å². The Kier molecular flexibility index (Phi) is 5.49. The zero-order valence-corrected chi connectivity index (χ0v) is 21.3. The normalized spacial score (nSPS) is 13.4. The third kappa shape index (κ3) is 3.87. The molecule has 0 spiro atoms. The maximum absolute atomic E-state index is 2.45. The van der Waals surface area contributed by atoms with Crippen LogP contribution in [-0.4, -0.2) is 0 Å². The fourth-order valence-electron chi connectivity index (χ4n) is 5.02. The van der Waals surface area contributed by atoms with Gasteiger partial charge in [-0.15, -0.1) is 0 Å². The lowest BCUT2D eigenvalue weighted by atomic mass is 10.1. The lowest BCUT2D eigenvalue weighted by Crippen LogP contribution is -2.21. The van der Waals surface area contributed by atoms with Crippen LogP contribution in [0.15, 0.2) is 141 Å². The Hall–Kier alpha value is -3.60. The van der Waals surface area contributed by atoms with Crippen molar-refractivity contribution in [2.75, 3.05) is 9.80 Å². The van der Waals surface area contributed by atoms with Gasteiger partial charge < -0.3 is 9.80 Å². The molecule has 0 aliphatic carbocycles. The van der Waals surface area contributed by atoms with Crippen LogP contribution in [0, 0.1) is 0 Å². The topological polar surface area (TPSA) is 6.48 Å². The van der Waals surface area contributed by atoms with Crippen LogP contribution >= 0.6 is 23.5 Å². The van der Waals surface area contributed by atoms with Gasteiger partial charge in [0.25, 0.3) is 0 Å². The molecule has 4 heteroatoms. The fraction of sp³-hybridized carbons (Fsp3) is 0.0625. The van der Waals surface area contributed by atoms with Gasteiger partial charge in [0.1, 0.15) is 0 Å². The molecule has 36 heavy (non-hydrogen) atoms. The van der Waals surface area contributed by atoms with Crippen molar-refractivity contribution in [1.29, 1.82) is 0 Å². The second kappa shape index (κ2) is 9.12. The zero-order valence-electron chi connectivity index (χ0n) is 19.7. The molecule has 2 aliphatic rings. The Balaban J connectivity index is 1.18. The summed E-state index contributed by atoms with van der Waals surface area (Å²) >= 11 is 3.72. The summed E-state index contributed by atoms with van der Waals surface area (Å²) in [6.45, 7) is 1.70. The monoisotopic (exact) mass is 500 g/mol. The minimum atomic E-state index is 0.848. The van der Waals surface area contributed by atoms with Crippen LogP contribution in [0.4, 0.5) is 22.7 Å². The molecule has 0 N–H and O–H groups in total. The first-order valence-corrected chi connectivity index (χ1v) is 13.8. The predicted molar refractivity (Wildman–Crippen MR) is 152 cm³/mol. The van der Waals surface area contributed by atoms with E-state index in [4.69, 9.17) is 0 Å². The summed E-state index contributed by atoms with van der Waals surface area (Å²) in [6, 6.07) is 44.0. The summed E-state index contributed by atoms with van der Waals surface area (Å²) in [5.41, 5.74) is 7.75. The molecule has 174 valence electrons. The number of para-hydroxylation sites is 4. The van der Waals surface area contributed by atoms with Crippen molar-refractivity contribution in [3.8, 4) is 0 Å². The van der Waals surface area contributed by atoms with E-state index in [1.165, 1.54) is 53.5 Å². The highest BCUT2D eigenvalue weighted by atomic mass is 32.2. The predicted octanol–water partition coefficient (Wildman–Crippen LogP) is 9.29. The van der Waals surface area contributed by atoms with Crippen molar-refractivity contribution in [2.24, 2.45) is 0 Å². The Morgan fingerprint density at radius 2 is 0.639 bits per heavy atom. The third-order valence-corrected chi connectivity index (χ3v) is 9.03. The molecule has 2 nitrogen and oxygen atoms in total. The van der Waals surface area contributed by atoms with Crippen molar-refractivity contribution < 1.29 is 0 Å². The van der Waals surface area contributed by atoms with E-state index in [1.807, 2.05) is 23.5 Å². The molecule has 0 amide bonds. The van der Waals surface area contributed by atoms with Crippen molar-refractivity contribution in [3.63, 3.8) is 0 Å². The molecule has 0 aromatic heterocycles. The Morgan fingerprint density at radius 1 is 0.361 bits per heavy atom. The summed E-state index contributed by atoms with van der Waals surface area (Å²) < 4.78 is 0. The van der Waals surface area contributed by atoms with Crippen LogP contribution in [0.1, 0.15) is 11.1 Å². The van der Waals surface area contributed by atoms with Gasteiger partial charge in [-0.1, -0.05) is 96.3 Å². The summed E-state index contributed by atoms with van der Waals surface area (Å²) in [5, 5.41) is 0. The largest absolute Gasteiger partial charge is 0.335 e. The van der Waals surface area contributed by atoms with E-state index in [9.17, 15) is 0 Å². The van der Waals surface area contributed by atoms with Gasteiger partial charge in [-0.2, -0.15) is 0 Å². The first kappa shape index (κ1) is 21.7. The highest BCUT2D eigenvalue weighted by Crippen LogP contribution is 2.49. The van der Waals surface area contributed by atoms with Crippen LogP contribution in [0.5, 0.6) is 0 Å². The maximum atomic E-state index is 2.45. The van der Waals surface area contributed by atoms with Crippen LogP contribution in [0.25, 0.3) is 0 Å². The first-order chi connectivity index (χ1) is 17.8. The average molecular weight is 501 g/mol. The van der Waals surface area contributed by atoms with Gasteiger partial charge in [0.15, 0.2) is 0 Å². The van der Waals surface area contributed by atoms with Crippen LogP contribution in [-0.2, 0) is 13.1 Å². The quantitative estimate of drug-likeness (QED) is 0.242. The summed E-state index contributed by atoms with van der Waals surface area (Å²) in [4.78, 5) is 10.2. The number of fused-ring (bicyclic) bond motifs is 4. The smallest absolute Gasteiger partial charge is 0.0556 e. The van der Waals surface area contributed by atoms with E-state index in [-0.39, 0.29) is 0 Å². The molecule has 0 bridgehead atoms. The number of anilines is 4. The number of hydrogen-bond donors (Lipinski definition) is 0. The molecule has 7 rings (SSSR count). The van der Waals surface area contributed by atoms with E-state index in [1.54, 1.807) is 0 Å². The van der Waals surface area contributed by atoms with Gasteiger partial charge in [-0.3, -0.25) is 0 Å².